The van der Waals surface area contributed by atoms with Gasteiger partial charge in [0, 0.05) is 24.1 Å². The highest BCUT2D eigenvalue weighted by Crippen LogP contribution is 2.40. The number of benzene rings is 2. The van der Waals surface area contributed by atoms with Gasteiger partial charge in [-0.1, -0.05) is 25.5 Å². The molecule has 11 nitrogen and oxygen atoms in total. The van der Waals surface area contributed by atoms with E-state index in [0.29, 0.717) is 17.4 Å². The van der Waals surface area contributed by atoms with Crippen LogP contribution in [0.25, 0.3) is 10.9 Å². The van der Waals surface area contributed by atoms with Gasteiger partial charge in [-0.15, -0.1) is 10.2 Å². The minimum Gasteiger partial charge on any atom is -0.493 e. The van der Waals surface area contributed by atoms with Gasteiger partial charge in [-0.25, -0.2) is 0 Å². The minimum absolute atomic E-state index is 0.0765. The second-order valence-corrected chi connectivity index (χ2v) is 7.45. The molecule has 0 spiro atoms. The Morgan fingerprint density at radius 2 is 1.71 bits per heavy atom. The van der Waals surface area contributed by atoms with Gasteiger partial charge in [-0.2, -0.15) is 0 Å². The Labute approximate surface area is 175 Å². The Kier molecular flexibility index (Phi) is 5.77. The van der Waals surface area contributed by atoms with E-state index >= 15 is 0 Å². The third-order valence-corrected chi connectivity index (χ3v) is 4.53. The fourth-order valence-electron chi connectivity index (χ4n) is 3.17. The van der Waals surface area contributed by atoms with Crippen molar-refractivity contribution >= 4 is 33.9 Å². The summed E-state index contributed by atoms with van der Waals surface area (Å²) < 4.78 is 1.66. The molecule has 0 aliphatic heterocycles. The van der Waals surface area contributed by atoms with Crippen LogP contribution in [0.5, 0.6) is 5.88 Å². The number of carbonyl (C=O) groups is 1. The predicted molar refractivity (Wildman–Crippen MR) is 112 cm³/mol. The summed E-state index contributed by atoms with van der Waals surface area (Å²) in [7, 11) is 0. The number of fused-ring (bicyclic) bond motifs is 1. The quantitative estimate of drug-likeness (QED) is 0.331. The number of nitro benzene ring substituents is 2. The van der Waals surface area contributed by atoms with E-state index in [0.717, 1.165) is 23.8 Å². The van der Waals surface area contributed by atoms with Crippen LogP contribution in [-0.2, 0) is 6.54 Å². The lowest BCUT2D eigenvalue weighted by atomic mass is 10.1. The fourth-order valence-corrected chi connectivity index (χ4v) is 3.17. The van der Waals surface area contributed by atoms with Gasteiger partial charge in [0.2, 0.25) is 5.88 Å². The first-order chi connectivity index (χ1) is 14.6. The maximum absolute atomic E-state index is 12.5. The molecule has 0 aliphatic rings. The lowest BCUT2D eigenvalue weighted by Gasteiger charge is -2.09. The van der Waals surface area contributed by atoms with Crippen LogP contribution in [0.2, 0.25) is 0 Å². The Morgan fingerprint density at radius 3 is 2.26 bits per heavy atom. The molecule has 1 heterocycles. The van der Waals surface area contributed by atoms with Crippen LogP contribution >= 0.6 is 0 Å². The summed E-state index contributed by atoms with van der Waals surface area (Å²) in [6.07, 6.45) is 0. The Bertz CT molecular complexity index is 1210. The van der Waals surface area contributed by atoms with Gasteiger partial charge in [0.1, 0.15) is 0 Å². The monoisotopic (exact) mass is 425 g/mol. The second-order valence-electron chi connectivity index (χ2n) is 7.45. The number of amides is 1. The number of hydrogen-bond donors (Lipinski definition) is 1. The number of aromatic hydroxyl groups is 1. The summed E-state index contributed by atoms with van der Waals surface area (Å²) in [5, 5.41) is 40.8. The largest absolute Gasteiger partial charge is 0.493 e. The average Bonchev–Trinajstić information content (AvgIpc) is 2.95. The second kappa shape index (κ2) is 8.30. The zero-order chi connectivity index (χ0) is 22.9. The van der Waals surface area contributed by atoms with Gasteiger partial charge >= 0.3 is 0 Å². The molecule has 1 amide bonds. The maximum atomic E-state index is 12.5. The van der Waals surface area contributed by atoms with E-state index in [2.05, 4.69) is 10.2 Å². The summed E-state index contributed by atoms with van der Waals surface area (Å²) >= 11 is 0. The normalized spacial score (nSPS) is 11.5. The van der Waals surface area contributed by atoms with Crippen LogP contribution in [0.4, 0.5) is 17.1 Å². The van der Waals surface area contributed by atoms with Crippen LogP contribution < -0.4 is 0 Å². The van der Waals surface area contributed by atoms with Gasteiger partial charge in [0.15, 0.2) is 5.69 Å². The molecule has 0 atom stereocenters. The highest BCUT2D eigenvalue weighted by atomic mass is 16.6. The first kappa shape index (κ1) is 21.6. The summed E-state index contributed by atoms with van der Waals surface area (Å²) in [6.45, 7) is 6.34. The van der Waals surface area contributed by atoms with Crippen LogP contribution in [0, 0.1) is 33.1 Å². The third kappa shape index (κ3) is 4.39. The molecule has 3 rings (SSSR count). The number of aromatic nitrogens is 1. The number of nitrogens with zero attached hydrogens (tertiary/aromatic N) is 5. The Balaban J connectivity index is 2.07. The number of aryl methyl sites for hydroxylation is 1. The molecule has 160 valence electrons. The number of nitro groups is 2. The molecule has 0 bridgehead atoms. The molecule has 31 heavy (non-hydrogen) atoms. The van der Waals surface area contributed by atoms with Gasteiger partial charge in [-0.3, -0.25) is 25.0 Å². The summed E-state index contributed by atoms with van der Waals surface area (Å²) in [6, 6.07) is 8.04. The number of azo groups is 1. The van der Waals surface area contributed by atoms with E-state index < -0.39 is 27.1 Å². The van der Waals surface area contributed by atoms with Crippen molar-refractivity contribution in [1.82, 2.24) is 4.57 Å². The zero-order valence-electron chi connectivity index (χ0n) is 17.0. The standard InChI is InChI=1S/C20H19N5O6/c1-11(2)10-23-17-5-4-12(3)6-16(17)18(20(23)27)21-22-19(26)13-7-14(24(28)29)9-15(8-13)25(30)31/h4-9,11,27H,10H2,1-3H3. The van der Waals surface area contributed by atoms with Crippen LogP contribution in [0.3, 0.4) is 0 Å². The van der Waals surface area contributed by atoms with Crippen LogP contribution in [-0.4, -0.2) is 25.4 Å². The van der Waals surface area contributed by atoms with E-state index in [4.69, 9.17) is 0 Å². The summed E-state index contributed by atoms with van der Waals surface area (Å²) in [5.41, 5.74) is 0.119. The number of carbonyl (C=O) groups excluding carboxylic acids is 1. The van der Waals surface area contributed by atoms with Gasteiger partial charge in [-0.05, 0) is 25.0 Å². The van der Waals surface area contributed by atoms with E-state index in [1.807, 2.05) is 32.9 Å². The average molecular weight is 425 g/mol. The molecule has 0 unspecified atom stereocenters. The molecule has 0 saturated heterocycles. The topological polar surface area (TPSA) is 153 Å². The lowest BCUT2D eigenvalue weighted by molar-refractivity contribution is -0.394. The van der Waals surface area contributed by atoms with Crippen molar-refractivity contribution in [3.63, 3.8) is 0 Å². The van der Waals surface area contributed by atoms with E-state index in [1.54, 1.807) is 10.6 Å². The van der Waals surface area contributed by atoms with Crippen molar-refractivity contribution in [2.24, 2.45) is 16.1 Å². The molecule has 11 heteroatoms. The van der Waals surface area contributed by atoms with Crippen LogP contribution in [0.15, 0.2) is 46.6 Å². The number of rotatable bonds is 6. The van der Waals surface area contributed by atoms with Crippen molar-refractivity contribution in [2.75, 3.05) is 0 Å². The van der Waals surface area contributed by atoms with Crippen molar-refractivity contribution in [1.29, 1.82) is 0 Å². The molecular formula is C20H19N5O6. The molecule has 0 saturated carbocycles. The van der Waals surface area contributed by atoms with Gasteiger partial charge < -0.3 is 9.67 Å². The smallest absolute Gasteiger partial charge is 0.295 e. The highest BCUT2D eigenvalue weighted by molar-refractivity contribution is 5.98. The van der Waals surface area contributed by atoms with Crippen molar-refractivity contribution < 1.29 is 19.7 Å². The van der Waals surface area contributed by atoms with E-state index in [-0.39, 0.29) is 23.0 Å². The third-order valence-electron chi connectivity index (χ3n) is 4.53. The van der Waals surface area contributed by atoms with Crippen molar-refractivity contribution in [3.8, 4) is 5.88 Å². The van der Waals surface area contributed by atoms with Crippen molar-refractivity contribution in [2.45, 2.75) is 27.3 Å². The molecule has 1 N–H and O–H groups in total. The Morgan fingerprint density at radius 1 is 1.10 bits per heavy atom. The predicted octanol–water partition coefficient (Wildman–Crippen LogP) is 5.05. The molecule has 1 aromatic heterocycles. The van der Waals surface area contributed by atoms with Crippen molar-refractivity contribution in [3.05, 3.63) is 67.8 Å². The summed E-state index contributed by atoms with van der Waals surface area (Å²) in [4.78, 5) is 32.8. The highest BCUT2D eigenvalue weighted by Gasteiger charge is 2.21. The van der Waals surface area contributed by atoms with E-state index in [9.17, 15) is 30.1 Å². The van der Waals surface area contributed by atoms with Gasteiger partial charge in [0.05, 0.1) is 27.0 Å². The fraction of sp³-hybridized carbons (Fsp3) is 0.250. The van der Waals surface area contributed by atoms with Gasteiger partial charge in [0.25, 0.3) is 17.3 Å². The first-order valence-corrected chi connectivity index (χ1v) is 9.30. The molecular weight excluding hydrogens is 406 g/mol. The maximum Gasteiger partial charge on any atom is 0.295 e. The minimum atomic E-state index is -1.01. The van der Waals surface area contributed by atoms with Crippen LogP contribution in [0.1, 0.15) is 29.8 Å². The van der Waals surface area contributed by atoms with E-state index in [1.165, 1.54) is 0 Å². The molecule has 2 aromatic carbocycles. The number of non-ortho nitro benzene ring substituents is 2. The molecule has 0 aliphatic carbocycles. The number of hydrogen-bond acceptors (Lipinski definition) is 7. The molecule has 3 aromatic rings. The Hall–Kier alpha value is -4.15. The zero-order valence-corrected chi connectivity index (χ0v) is 17.0. The first-order valence-electron chi connectivity index (χ1n) is 9.30. The molecule has 0 fully saturated rings. The summed E-state index contributed by atoms with van der Waals surface area (Å²) in [5.74, 6) is -0.959. The SMILES string of the molecule is Cc1ccc2c(c1)c(N=NC(=O)c1cc([N+](=O)[O-])cc([N+](=O)[O-])c1)c(O)n2CC(C)C. The lowest BCUT2D eigenvalue weighted by Crippen LogP contribution is -2.03. The molecule has 0 radical (unpaired) electrons.